The lowest BCUT2D eigenvalue weighted by Crippen LogP contribution is -2.54. The van der Waals surface area contributed by atoms with Gasteiger partial charge in [-0.25, -0.2) is 0 Å². The molecule has 29 heavy (non-hydrogen) atoms. The van der Waals surface area contributed by atoms with E-state index in [4.69, 9.17) is 4.74 Å². The van der Waals surface area contributed by atoms with E-state index >= 15 is 0 Å². The third-order valence-corrected chi connectivity index (χ3v) is 6.66. The molecule has 3 heteroatoms. The van der Waals surface area contributed by atoms with E-state index in [-0.39, 0.29) is 12.0 Å². The number of hydrogen-bond donors (Lipinski definition) is 1. The maximum atomic E-state index is 11.5. The molecule has 3 atom stereocenters. The first-order valence-corrected chi connectivity index (χ1v) is 11.1. The second-order valence-electron chi connectivity index (χ2n) is 8.43. The van der Waals surface area contributed by atoms with Crippen molar-refractivity contribution in [3.8, 4) is 5.75 Å². The van der Waals surface area contributed by atoms with Crippen molar-refractivity contribution < 1.29 is 9.84 Å². The molecule has 1 aliphatic carbocycles. The summed E-state index contributed by atoms with van der Waals surface area (Å²) in [6.07, 6.45) is 9.68. The van der Waals surface area contributed by atoms with Crippen LogP contribution in [0.4, 0.5) is 0 Å². The van der Waals surface area contributed by atoms with Gasteiger partial charge in [0, 0.05) is 30.6 Å². The van der Waals surface area contributed by atoms with Crippen molar-refractivity contribution in [2.75, 3.05) is 19.7 Å². The van der Waals surface area contributed by atoms with Crippen LogP contribution in [0.1, 0.15) is 56.2 Å². The van der Waals surface area contributed by atoms with E-state index in [1.165, 1.54) is 17.5 Å². The first-order chi connectivity index (χ1) is 14.2. The monoisotopic (exact) mass is 391 g/mol. The van der Waals surface area contributed by atoms with Gasteiger partial charge in [-0.1, -0.05) is 73.5 Å². The summed E-state index contributed by atoms with van der Waals surface area (Å²) in [7, 11) is 0. The molecule has 0 spiro atoms. The highest BCUT2D eigenvalue weighted by Gasteiger charge is 2.49. The van der Waals surface area contributed by atoms with E-state index in [2.05, 4.69) is 59.5 Å². The molecule has 2 aliphatic rings. The van der Waals surface area contributed by atoms with Crippen LogP contribution in [0.3, 0.4) is 0 Å². The minimum absolute atomic E-state index is 0.192. The van der Waals surface area contributed by atoms with Gasteiger partial charge in [0.2, 0.25) is 0 Å². The lowest BCUT2D eigenvalue weighted by Gasteiger charge is -2.52. The Balaban J connectivity index is 1.63. The van der Waals surface area contributed by atoms with Gasteiger partial charge in [-0.05, 0) is 37.8 Å². The predicted molar refractivity (Wildman–Crippen MR) is 119 cm³/mol. The van der Waals surface area contributed by atoms with E-state index in [0.29, 0.717) is 6.61 Å². The molecule has 3 nitrogen and oxygen atoms in total. The zero-order chi connectivity index (χ0) is 20.1. The van der Waals surface area contributed by atoms with Crippen molar-refractivity contribution in [3.63, 3.8) is 0 Å². The lowest BCUT2D eigenvalue weighted by molar-refractivity contribution is -0.122. The van der Waals surface area contributed by atoms with Crippen molar-refractivity contribution in [3.05, 3.63) is 71.8 Å². The van der Waals surface area contributed by atoms with Crippen LogP contribution in [-0.2, 0) is 0 Å². The molecule has 1 saturated heterocycles. The molecular formula is C26H33NO2. The number of benzene rings is 2. The number of aliphatic hydroxyl groups is 1. The highest BCUT2D eigenvalue weighted by molar-refractivity contribution is 5.49. The second kappa shape index (κ2) is 9.15. The number of rotatable bonds is 6. The minimum atomic E-state index is -0.540. The van der Waals surface area contributed by atoms with Crippen molar-refractivity contribution >= 4 is 6.08 Å². The molecule has 2 aromatic carbocycles. The van der Waals surface area contributed by atoms with Crippen LogP contribution in [0.25, 0.3) is 6.08 Å². The molecule has 1 aliphatic heterocycles. The molecule has 3 unspecified atom stereocenters. The van der Waals surface area contributed by atoms with Crippen LogP contribution in [0, 0.1) is 5.92 Å². The summed E-state index contributed by atoms with van der Waals surface area (Å²) in [5.41, 5.74) is 1.92. The van der Waals surface area contributed by atoms with Crippen LogP contribution >= 0.6 is 0 Å². The van der Waals surface area contributed by atoms with E-state index in [1.807, 2.05) is 19.1 Å². The van der Waals surface area contributed by atoms with Crippen molar-refractivity contribution in [2.24, 2.45) is 5.92 Å². The third kappa shape index (κ3) is 4.41. The molecule has 1 N–H and O–H groups in total. The van der Waals surface area contributed by atoms with Crippen LogP contribution < -0.4 is 4.74 Å². The Morgan fingerprint density at radius 2 is 1.86 bits per heavy atom. The Bertz CT molecular complexity index is 818. The van der Waals surface area contributed by atoms with Gasteiger partial charge in [0.05, 0.1) is 12.2 Å². The van der Waals surface area contributed by atoms with Crippen LogP contribution in [0.15, 0.2) is 60.7 Å². The zero-order valence-electron chi connectivity index (χ0n) is 17.5. The maximum absolute atomic E-state index is 11.5. The summed E-state index contributed by atoms with van der Waals surface area (Å²) in [5.74, 6) is 1.23. The SMILES string of the molecule is CCOc1ccccc1C1C2CCCCC2(O)CCN1CC=Cc1ccccc1. The molecule has 0 bridgehead atoms. The number of hydrogen-bond acceptors (Lipinski definition) is 3. The van der Waals surface area contributed by atoms with E-state index in [1.54, 1.807) is 0 Å². The molecule has 0 aromatic heterocycles. The van der Waals surface area contributed by atoms with Crippen molar-refractivity contribution in [1.29, 1.82) is 0 Å². The van der Waals surface area contributed by atoms with Crippen LogP contribution in [0.5, 0.6) is 5.75 Å². The molecule has 1 saturated carbocycles. The molecular weight excluding hydrogens is 358 g/mol. The average Bonchev–Trinajstić information content (AvgIpc) is 2.75. The maximum Gasteiger partial charge on any atom is 0.124 e. The summed E-state index contributed by atoms with van der Waals surface area (Å²) in [5, 5.41) is 11.5. The topological polar surface area (TPSA) is 32.7 Å². The number of piperidine rings is 1. The number of nitrogens with zero attached hydrogens (tertiary/aromatic N) is 1. The predicted octanol–water partition coefficient (Wildman–Crippen LogP) is 5.47. The third-order valence-electron chi connectivity index (χ3n) is 6.66. The number of para-hydroxylation sites is 1. The lowest BCUT2D eigenvalue weighted by atomic mass is 9.66. The summed E-state index contributed by atoms with van der Waals surface area (Å²) >= 11 is 0. The summed E-state index contributed by atoms with van der Waals surface area (Å²) in [4.78, 5) is 2.54. The van der Waals surface area contributed by atoms with Crippen molar-refractivity contribution in [2.45, 2.75) is 50.7 Å². The summed E-state index contributed by atoms with van der Waals surface area (Å²) in [6.45, 7) is 4.49. The van der Waals surface area contributed by atoms with Gasteiger partial charge in [-0.3, -0.25) is 4.90 Å². The highest BCUT2D eigenvalue weighted by atomic mass is 16.5. The number of fused-ring (bicyclic) bond motifs is 1. The Kier molecular flexibility index (Phi) is 6.37. The first kappa shape index (κ1) is 20.2. The normalized spacial score (nSPS) is 27.7. The first-order valence-electron chi connectivity index (χ1n) is 11.1. The molecule has 2 aromatic rings. The highest BCUT2D eigenvalue weighted by Crippen LogP contribution is 2.50. The minimum Gasteiger partial charge on any atom is -0.494 e. The standard InChI is InChI=1S/C26H33NO2/c1-2-29-24-16-7-6-14-22(24)25-23-15-8-9-17-26(23,28)18-20-27(25)19-10-13-21-11-4-3-5-12-21/h3-7,10-14,16,23,25,28H,2,8-9,15,17-20H2,1H3. The molecule has 0 amide bonds. The number of likely N-dealkylation sites (tertiary alicyclic amines) is 1. The molecule has 4 rings (SSSR count). The smallest absolute Gasteiger partial charge is 0.124 e. The van der Waals surface area contributed by atoms with Crippen LogP contribution in [-0.4, -0.2) is 35.3 Å². The fraction of sp³-hybridized carbons (Fsp3) is 0.462. The van der Waals surface area contributed by atoms with E-state index < -0.39 is 5.60 Å². The Morgan fingerprint density at radius 1 is 1.07 bits per heavy atom. The summed E-state index contributed by atoms with van der Waals surface area (Å²) < 4.78 is 6.00. The zero-order valence-corrected chi connectivity index (χ0v) is 17.5. The van der Waals surface area contributed by atoms with Gasteiger partial charge < -0.3 is 9.84 Å². The van der Waals surface area contributed by atoms with Gasteiger partial charge in [0.25, 0.3) is 0 Å². The largest absolute Gasteiger partial charge is 0.494 e. The Morgan fingerprint density at radius 3 is 2.69 bits per heavy atom. The average molecular weight is 392 g/mol. The van der Waals surface area contributed by atoms with Gasteiger partial charge in [0.15, 0.2) is 0 Å². The molecule has 1 heterocycles. The van der Waals surface area contributed by atoms with E-state index in [9.17, 15) is 5.11 Å². The van der Waals surface area contributed by atoms with Gasteiger partial charge in [0.1, 0.15) is 5.75 Å². The Labute approximate surface area is 175 Å². The fourth-order valence-corrected chi connectivity index (χ4v) is 5.26. The molecule has 2 fully saturated rings. The van der Waals surface area contributed by atoms with Gasteiger partial charge in [-0.15, -0.1) is 0 Å². The quantitative estimate of drug-likeness (QED) is 0.709. The molecule has 0 radical (unpaired) electrons. The number of ether oxygens (including phenoxy) is 1. The van der Waals surface area contributed by atoms with Gasteiger partial charge in [-0.2, -0.15) is 0 Å². The van der Waals surface area contributed by atoms with Gasteiger partial charge >= 0.3 is 0 Å². The summed E-state index contributed by atoms with van der Waals surface area (Å²) in [6, 6.07) is 19.1. The van der Waals surface area contributed by atoms with Crippen molar-refractivity contribution in [1.82, 2.24) is 4.90 Å². The van der Waals surface area contributed by atoms with E-state index in [0.717, 1.165) is 44.5 Å². The fourth-order valence-electron chi connectivity index (χ4n) is 5.26. The van der Waals surface area contributed by atoms with Crippen LogP contribution in [0.2, 0.25) is 0 Å². The molecule has 154 valence electrons. The second-order valence-corrected chi connectivity index (χ2v) is 8.43. The Hall–Kier alpha value is -2.10.